The highest BCUT2D eigenvalue weighted by Gasteiger charge is 2.43. The fourth-order valence-electron chi connectivity index (χ4n) is 2.52. The summed E-state index contributed by atoms with van der Waals surface area (Å²) in [5.41, 5.74) is 0.0168. The number of nitrogens with one attached hydrogen (secondary N) is 3. The fourth-order valence-corrected chi connectivity index (χ4v) is 2.90. The van der Waals surface area contributed by atoms with Crippen molar-refractivity contribution in [1.29, 1.82) is 0 Å². The number of imide groups is 1. The van der Waals surface area contributed by atoms with E-state index in [1.807, 2.05) is 0 Å². The van der Waals surface area contributed by atoms with Crippen molar-refractivity contribution in [2.75, 3.05) is 5.32 Å². The maximum atomic E-state index is 12.4. The van der Waals surface area contributed by atoms with E-state index in [1.54, 1.807) is 37.3 Å². The average molecular weight is 378 g/mol. The van der Waals surface area contributed by atoms with Gasteiger partial charge in [0.1, 0.15) is 5.54 Å². The van der Waals surface area contributed by atoms with Crippen LogP contribution in [0.5, 0.6) is 0 Å². The average Bonchev–Trinajstić information content (AvgIpc) is 2.83. The highest BCUT2D eigenvalue weighted by molar-refractivity contribution is 6.36. The summed E-state index contributed by atoms with van der Waals surface area (Å²) in [4.78, 5) is 35.9. The van der Waals surface area contributed by atoms with E-state index >= 15 is 0 Å². The lowest BCUT2D eigenvalue weighted by Gasteiger charge is -2.21. The van der Waals surface area contributed by atoms with Crippen LogP contribution in [0.15, 0.2) is 42.5 Å². The number of carbonyl (C=O) groups is 3. The lowest BCUT2D eigenvalue weighted by Crippen LogP contribution is -2.40. The second-order valence-corrected chi connectivity index (χ2v) is 6.54. The minimum atomic E-state index is -1.20. The first-order chi connectivity index (χ1) is 11.8. The molecule has 0 unspecified atom stereocenters. The summed E-state index contributed by atoms with van der Waals surface area (Å²) in [7, 11) is 0. The minimum Gasteiger partial charge on any atom is -0.322 e. The largest absolute Gasteiger partial charge is 0.322 e. The maximum Gasteiger partial charge on any atom is 0.322 e. The number of halogens is 2. The van der Waals surface area contributed by atoms with Gasteiger partial charge in [-0.25, -0.2) is 4.79 Å². The Bertz CT molecular complexity index is 900. The summed E-state index contributed by atoms with van der Waals surface area (Å²) in [5, 5.41) is 8.14. The Kier molecular flexibility index (Phi) is 4.41. The van der Waals surface area contributed by atoms with Crippen molar-refractivity contribution in [3.8, 4) is 0 Å². The zero-order valence-corrected chi connectivity index (χ0v) is 14.5. The summed E-state index contributed by atoms with van der Waals surface area (Å²) in [6, 6.07) is 10.7. The molecule has 8 heteroatoms. The SMILES string of the molecule is C[C@]1(c2cccc(NC(=O)c3cc(Cl)ccc3Cl)c2)NC(=O)NC1=O. The standard InChI is InChI=1S/C17H13Cl2N3O3/c1-17(15(24)21-16(25)22-17)9-3-2-4-11(7-9)20-14(23)12-8-10(18)5-6-13(12)19/h2-8H,1H3,(H,20,23)(H2,21,22,24,25)/t17-/m1/s1. The predicted molar refractivity (Wildman–Crippen MR) is 94.9 cm³/mol. The smallest absolute Gasteiger partial charge is 0.322 e. The molecule has 3 rings (SSSR count). The van der Waals surface area contributed by atoms with Crippen LogP contribution in [0.4, 0.5) is 10.5 Å². The number of benzene rings is 2. The molecule has 2 aromatic rings. The third-order valence-electron chi connectivity index (χ3n) is 3.92. The molecule has 2 aromatic carbocycles. The number of carbonyl (C=O) groups excluding carboxylic acids is 3. The molecule has 0 bridgehead atoms. The minimum absolute atomic E-state index is 0.234. The third kappa shape index (κ3) is 3.31. The van der Waals surface area contributed by atoms with E-state index in [-0.39, 0.29) is 10.6 Å². The number of rotatable bonds is 3. The van der Waals surface area contributed by atoms with E-state index < -0.39 is 23.4 Å². The van der Waals surface area contributed by atoms with Crippen LogP contribution in [0.2, 0.25) is 10.0 Å². The van der Waals surface area contributed by atoms with Gasteiger partial charge in [-0.15, -0.1) is 0 Å². The predicted octanol–water partition coefficient (Wildman–Crippen LogP) is 3.30. The highest BCUT2D eigenvalue weighted by Crippen LogP contribution is 2.27. The van der Waals surface area contributed by atoms with Gasteiger partial charge in [0.2, 0.25) is 0 Å². The maximum absolute atomic E-state index is 12.4. The Morgan fingerprint density at radius 2 is 1.88 bits per heavy atom. The normalized spacial score (nSPS) is 19.3. The zero-order chi connectivity index (χ0) is 18.2. The van der Waals surface area contributed by atoms with Gasteiger partial charge in [0.05, 0.1) is 10.6 Å². The van der Waals surface area contributed by atoms with Gasteiger partial charge in [-0.1, -0.05) is 35.3 Å². The molecule has 1 aliphatic rings. The Labute approximate surface area is 153 Å². The zero-order valence-electron chi connectivity index (χ0n) is 13.0. The Morgan fingerprint density at radius 1 is 1.12 bits per heavy atom. The third-order valence-corrected chi connectivity index (χ3v) is 4.48. The van der Waals surface area contributed by atoms with Gasteiger partial charge in [0.15, 0.2) is 0 Å². The molecule has 4 amide bonds. The molecule has 1 atom stereocenters. The second kappa shape index (κ2) is 6.38. The van der Waals surface area contributed by atoms with Crippen molar-refractivity contribution >= 4 is 46.7 Å². The molecule has 6 nitrogen and oxygen atoms in total. The number of hydrogen-bond donors (Lipinski definition) is 3. The number of hydrogen-bond acceptors (Lipinski definition) is 3. The van der Waals surface area contributed by atoms with Gasteiger partial charge in [0, 0.05) is 10.7 Å². The lowest BCUT2D eigenvalue weighted by molar-refractivity contribution is -0.123. The van der Waals surface area contributed by atoms with E-state index in [4.69, 9.17) is 23.2 Å². The molecule has 0 radical (unpaired) electrons. The van der Waals surface area contributed by atoms with Crippen LogP contribution in [-0.4, -0.2) is 17.8 Å². The van der Waals surface area contributed by atoms with E-state index in [0.717, 1.165) is 0 Å². The monoisotopic (exact) mass is 377 g/mol. The molecule has 0 spiro atoms. The Hall–Kier alpha value is -2.57. The van der Waals surface area contributed by atoms with Gasteiger partial charge >= 0.3 is 6.03 Å². The van der Waals surface area contributed by atoms with Crippen LogP contribution in [0, 0.1) is 0 Å². The fraction of sp³-hybridized carbons (Fsp3) is 0.118. The first kappa shape index (κ1) is 17.3. The van der Waals surface area contributed by atoms with E-state index in [9.17, 15) is 14.4 Å². The first-order valence-corrected chi connectivity index (χ1v) is 8.06. The Morgan fingerprint density at radius 3 is 2.56 bits per heavy atom. The molecule has 0 aliphatic carbocycles. The number of urea groups is 1. The van der Waals surface area contributed by atoms with Gasteiger partial charge in [-0.2, -0.15) is 0 Å². The summed E-state index contributed by atoms with van der Waals surface area (Å²) >= 11 is 11.9. The molecular weight excluding hydrogens is 365 g/mol. The molecular formula is C17H13Cl2N3O3. The molecule has 1 heterocycles. The quantitative estimate of drug-likeness (QED) is 0.717. The van der Waals surface area contributed by atoms with Crippen LogP contribution in [0.3, 0.4) is 0 Å². The molecule has 25 heavy (non-hydrogen) atoms. The van der Waals surface area contributed by atoms with Gasteiger partial charge in [0.25, 0.3) is 11.8 Å². The Balaban J connectivity index is 1.87. The van der Waals surface area contributed by atoms with E-state index in [0.29, 0.717) is 16.3 Å². The summed E-state index contributed by atoms with van der Waals surface area (Å²) in [6.45, 7) is 1.59. The molecule has 1 aliphatic heterocycles. The highest BCUT2D eigenvalue weighted by atomic mass is 35.5. The number of anilines is 1. The first-order valence-electron chi connectivity index (χ1n) is 7.30. The second-order valence-electron chi connectivity index (χ2n) is 5.69. The van der Waals surface area contributed by atoms with E-state index in [1.165, 1.54) is 12.1 Å². The lowest BCUT2D eigenvalue weighted by atomic mass is 9.92. The van der Waals surface area contributed by atoms with Crippen molar-refractivity contribution in [3.63, 3.8) is 0 Å². The molecule has 3 N–H and O–H groups in total. The van der Waals surface area contributed by atoms with Crippen LogP contribution in [0.1, 0.15) is 22.8 Å². The van der Waals surface area contributed by atoms with Gasteiger partial charge in [-0.3, -0.25) is 14.9 Å². The molecule has 0 saturated carbocycles. The van der Waals surface area contributed by atoms with Crippen molar-refractivity contribution in [3.05, 3.63) is 63.6 Å². The van der Waals surface area contributed by atoms with Crippen molar-refractivity contribution < 1.29 is 14.4 Å². The van der Waals surface area contributed by atoms with Crippen molar-refractivity contribution in [2.24, 2.45) is 0 Å². The summed E-state index contributed by atoms with van der Waals surface area (Å²) < 4.78 is 0. The van der Waals surface area contributed by atoms with Gasteiger partial charge in [-0.05, 0) is 42.8 Å². The topological polar surface area (TPSA) is 87.3 Å². The van der Waals surface area contributed by atoms with Crippen molar-refractivity contribution in [1.82, 2.24) is 10.6 Å². The molecule has 128 valence electrons. The molecule has 1 saturated heterocycles. The molecule has 0 aromatic heterocycles. The van der Waals surface area contributed by atoms with E-state index in [2.05, 4.69) is 16.0 Å². The van der Waals surface area contributed by atoms with Crippen LogP contribution < -0.4 is 16.0 Å². The summed E-state index contributed by atoms with van der Waals surface area (Å²) in [5.74, 6) is -0.895. The van der Waals surface area contributed by atoms with Crippen molar-refractivity contribution in [2.45, 2.75) is 12.5 Å². The van der Waals surface area contributed by atoms with Gasteiger partial charge < -0.3 is 10.6 Å². The summed E-state index contributed by atoms with van der Waals surface area (Å²) in [6.07, 6.45) is 0. The van der Waals surface area contributed by atoms with Crippen LogP contribution in [0.25, 0.3) is 0 Å². The number of amides is 4. The van der Waals surface area contributed by atoms with Crippen LogP contribution >= 0.6 is 23.2 Å². The molecule has 1 fully saturated rings. The van der Waals surface area contributed by atoms with Crippen LogP contribution in [-0.2, 0) is 10.3 Å².